The highest BCUT2D eigenvalue weighted by Crippen LogP contribution is 2.21. The van der Waals surface area contributed by atoms with Crippen molar-refractivity contribution in [2.75, 3.05) is 6.54 Å². The Hall–Kier alpha value is -3.67. The van der Waals surface area contributed by atoms with Gasteiger partial charge in [0.1, 0.15) is 17.3 Å². The standard InChI is InChI=1S/C22H19FN2O3/c23-18-10-6-16(7-11-18)14-24-21(26)15-25-22(27)17-8-12-20(13-9-17)28-19-4-2-1-3-5-19/h1-13H,14-15H2,(H,24,26)(H,25,27). The number of para-hydroxylation sites is 1. The van der Waals surface area contributed by atoms with Crippen molar-refractivity contribution in [1.29, 1.82) is 0 Å². The highest BCUT2D eigenvalue weighted by molar-refractivity contribution is 5.96. The zero-order valence-corrected chi connectivity index (χ0v) is 15.0. The van der Waals surface area contributed by atoms with E-state index >= 15 is 0 Å². The molecule has 0 unspecified atom stereocenters. The molecule has 3 rings (SSSR count). The van der Waals surface area contributed by atoms with E-state index in [1.165, 1.54) is 12.1 Å². The lowest BCUT2D eigenvalue weighted by molar-refractivity contribution is -0.120. The van der Waals surface area contributed by atoms with Crippen LogP contribution in [0.3, 0.4) is 0 Å². The van der Waals surface area contributed by atoms with Crippen LogP contribution in [-0.2, 0) is 11.3 Å². The Labute approximate surface area is 162 Å². The van der Waals surface area contributed by atoms with Crippen molar-refractivity contribution in [2.45, 2.75) is 6.54 Å². The minimum Gasteiger partial charge on any atom is -0.457 e. The predicted octanol–water partition coefficient (Wildman–Crippen LogP) is 3.66. The lowest BCUT2D eigenvalue weighted by Crippen LogP contribution is -2.36. The molecule has 0 aliphatic heterocycles. The summed E-state index contributed by atoms with van der Waals surface area (Å²) < 4.78 is 18.5. The number of carbonyl (C=O) groups excluding carboxylic acids is 2. The maximum atomic E-state index is 12.8. The van der Waals surface area contributed by atoms with E-state index in [9.17, 15) is 14.0 Å². The SMILES string of the molecule is O=C(CNC(=O)c1ccc(Oc2ccccc2)cc1)NCc1ccc(F)cc1. The molecule has 0 aromatic heterocycles. The second-order valence-electron chi connectivity index (χ2n) is 6.03. The van der Waals surface area contributed by atoms with Crippen molar-refractivity contribution < 1.29 is 18.7 Å². The molecule has 3 aromatic carbocycles. The molecule has 5 nitrogen and oxygen atoms in total. The van der Waals surface area contributed by atoms with Gasteiger partial charge < -0.3 is 15.4 Å². The van der Waals surface area contributed by atoms with E-state index in [2.05, 4.69) is 10.6 Å². The van der Waals surface area contributed by atoms with Gasteiger partial charge in [0, 0.05) is 12.1 Å². The summed E-state index contributed by atoms with van der Waals surface area (Å²) in [7, 11) is 0. The van der Waals surface area contributed by atoms with Crippen LogP contribution < -0.4 is 15.4 Å². The number of hydrogen-bond acceptors (Lipinski definition) is 3. The van der Waals surface area contributed by atoms with Gasteiger partial charge in [-0.15, -0.1) is 0 Å². The zero-order valence-electron chi connectivity index (χ0n) is 15.0. The minimum atomic E-state index is -0.358. The van der Waals surface area contributed by atoms with Gasteiger partial charge in [-0.3, -0.25) is 9.59 Å². The van der Waals surface area contributed by atoms with E-state index in [0.29, 0.717) is 17.1 Å². The predicted molar refractivity (Wildman–Crippen MR) is 104 cm³/mol. The Kier molecular flexibility index (Phi) is 6.36. The third-order valence-electron chi connectivity index (χ3n) is 3.91. The number of rotatable bonds is 7. The van der Waals surface area contributed by atoms with E-state index < -0.39 is 0 Å². The normalized spacial score (nSPS) is 10.2. The molecule has 0 saturated carbocycles. The quantitative estimate of drug-likeness (QED) is 0.659. The van der Waals surface area contributed by atoms with Crippen molar-refractivity contribution in [2.24, 2.45) is 0 Å². The van der Waals surface area contributed by atoms with E-state index in [0.717, 1.165) is 5.56 Å². The second-order valence-corrected chi connectivity index (χ2v) is 6.03. The molecular formula is C22H19FN2O3. The highest BCUT2D eigenvalue weighted by atomic mass is 19.1. The van der Waals surface area contributed by atoms with Crippen LogP contribution in [-0.4, -0.2) is 18.4 Å². The second kappa shape index (κ2) is 9.32. The molecule has 0 radical (unpaired) electrons. The zero-order chi connectivity index (χ0) is 19.8. The fraction of sp³-hybridized carbons (Fsp3) is 0.0909. The molecule has 2 N–H and O–H groups in total. The Morgan fingerprint density at radius 2 is 1.43 bits per heavy atom. The van der Waals surface area contributed by atoms with Gasteiger partial charge in [-0.1, -0.05) is 30.3 Å². The molecule has 0 aliphatic rings. The van der Waals surface area contributed by atoms with Crippen molar-refractivity contribution in [3.8, 4) is 11.5 Å². The first kappa shape index (κ1) is 19.1. The lowest BCUT2D eigenvalue weighted by Gasteiger charge is -2.08. The maximum Gasteiger partial charge on any atom is 0.251 e. The molecule has 6 heteroatoms. The van der Waals surface area contributed by atoms with Crippen molar-refractivity contribution in [3.63, 3.8) is 0 Å². The molecule has 0 saturated heterocycles. The summed E-state index contributed by atoms with van der Waals surface area (Å²) >= 11 is 0. The van der Waals surface area contributed by atoms with Crippen LogP contribution in [0.1, 0.15) is 15.9 Å². The molecule has 0 atom stereocenters. The molecule has 0 fully saturated rings. The van der Waals surface area contributed by atoms with Crippen molar-refractivity contribution in [3.05, 3.63) is 95.8 Å². The first-order chi connectivity index (χ1) is 13.6. The van der Waals surface area contributed by atoms with Gasteiger partial charge in [-0.2, -0.15) is 0 Å². The largest absolute Gasteiger partial charge is 0.457 e. The molecule has 0 heterocycles. The number of benzene rings is 3. The summed E-state index contributed by atoms with van der Waals surface area (Å²) in [6.07, 6.45) is 0. The maximum absolute atomic E-state index is 12.8. The lowest BCUT2D eigenvalue weighted by atomic mass is 10.2. The number of hydrogen-bond donors (Lipinski definition) is 2. The molecule has 3 aromatic rings. The van der Waals surface area contributed by atoms with E-state index in [1.54, 1.807) is 36.4 Å². The Bertz CT molecular complexity index is 926. The van der Waals surface area contributed by atoms with E-state index in [1.807, 2.05) is 30.3 Å². The molecule has 142 valence electrons. The summed E-state index contributed by atoms with van der Waals surface area (Å²) in [4.78, 5) is 24.0. The molecular weight excluding hydrogens is 359 g/mol. The first-order valence-electron chi connectivity index (χ1n) is 8.72. The van der Waals surface area contributed by atoms with E-state index in [-0.39, 0.29) is 30.7 Å². The fourth-order valence-electron chi connectivity index (χ4n) is 2.43. The van der Waals surface area contributed by atoms with Crippen LogP contribution in [0, 0.1) is 5.82 Å². The van der Waals surface area contributed by atoms with Crippen LogP contribution in [0.15, 0.2) is 78.9 Å². The summed E-state index contributed by atoms with van der Waals surface area (Å²) in [6.45, 7) is 0.114. The van der Waals surface area contributed by atoms with Gasteiger partial charge in [0.15, 0.2) is 0 Å². The monoisotopic (exact) mass is 378 g/mol. The van der Waals surface area contributed by atoms with E-state index in [4.69, 9.17) is 4.74 Å². The van der Waals surface area contributed by atoms with Crippen LogP contribution in [0.5, 0.6) is 11.5 Å². The Morgan fingerprint density at radius 1 is 0.786 bits per heavy atom. The van der Waals surface area contributed by atoms with Gasteiger partial charge in [-0.25, -0.2) is 4.39 Å². The fourth-order valence-corrected chi connectivity index (χ4v) is 2.43. The number of carbonyl (C=O) groups is 2. The summed E-state index contributed by atoms with van der Waals surface area (Å²) in [6, 6.07) is 21.8. The molecule has 2 amide bonds. The number of halogens is 1. The highest BCUT2D eigenvalue weighted by Gasteiger charge is 2.08. The summed E-state index contributed by atoms with van der Waals surface area (Å²) in [5, 5.41) is 5.23. The number of ether oxygens (including phenoxy) is 1. The van der Waals surface area contributed by atoms with Crippen LogP contribution in [0.25, 0.3) is 0 Å². The Morgan fingerprint density at radius 3 is 2.11 bits per heavy atom. The summed E-state index contributed by atoms with van der Waals surface area (Å²) in [5.41, 5.74) is 1.20. The third-order valence-corrected chi connectivity index (χ3v) is 3.91. The van der Waals surface area contributed by atoms with Gasteiger partial charge in [-0.05, 0) is 54.1 Å². The van der Waals surface area contributed by atoms with Crippen molar-refractivity contribution >= 4 is 11.8 Å². The van der Waals surface area contributed by atoms with Crippen molar-refractivity contribution in [1.82, 2.24) is 10.6 Å². The Balaban J connectivity index is 1.45. The molecule has 28 heavy (non-hydrogen) atoms. The van der Waals surface area contributed by atoms with Crippen LogP contribution >= 0.6 is 0 Å². The topological polar surface area (TPSA) is 67.4 Å². The van der Waals surface area contributed by atoms with Crippen LogP contribution in [0.4, 0.5) is 4.39 Å². The number of nitrogens with one attached hydrogen (secondary N) is 2. The number of amides is 2. The van der Waals surface area contributed by atoms with Gasteiger partial charge >= 0.3 is 0 Å². The summed E-state index contributed by atoms with van der Waals surface area (Å²) in [5.74, 6) is 0.296. The first-order valence-corrected chi connectivity index (χ1v) is 8.72. The smallest absolute Gasteiger partial charge is 0.251 e. The molecule has 0 bridgehead atoms. The molecule has 0 spiro atoms. The van der Waals surface area contributed by atoms with Gasteiger partial charge in [0.2, 0.25) is 5.91 Å². The molecule has 0 aliphatic carbocycles. The average Bonchev–Trinajstić information content (AvgIpc) is 2.73. The van der Waals surface area contributed by atoms with Crippen LogP contribution in [0.2, 0.25) is 0 Å². The average molecular weight is 378 g/mol. The van der Waals surface area contributed by atoms with Gasteiger partial charge in [0.05, 0.1) is 6.54 Å². The third kappa shape index (κ3) is 5.67. The minimum absolute atomic E-state index is 0.151. The van der Waals surface area contributed by atoms with Gasteiger partial charge in [0.25, 0.3) is 5.91 Å².